The first-order chi connectivity index (χ1) is 5.90. The predicted octanol–water partition coefficient (Wildman–Crippen LogP) is 1.98. The molecule has 0 bridgehead atoms. The maximum absolute atomic E-state index is 10.4. The van der Waals surface area contributed by atoms with Crippen LogP contribution in [0.2, 0.25) is 0 Å². The Hall–Kier alpha value is -0.960. The van der Waals surface area contributed by atoms with Crippen LogP contribution in [-0.4, -0.2) is 18.6 Å². The smallest absolute Gasteiger partial charge is 0.150 e. The van der Waals surface area contributed by atoms with Crippen molar-refractivity contribution in [2.75, 3.05) is 12.4 Å². The number of carbonyl (C=O) groups excluding carboxylic acids is 1. The maximum atomic E-state index is 10.4. The van der Waals surface area contributed by atoms with Gasteiger partial charge in [-0.25, -0.2) is 0 Å². The highest BCUT2D eigenvalue weighted by atomic mass is 32.2. The van der Waals surface area contributed by atoms with E-state index in [1.165, 1.54) is 0 Å². The molecule has 1 aromatic rings. The number of ether oxygens (including phenoxy) is 1. The average molecular weight is 180 g/mol. The molecule has 0 aliphatic carbocycles. The van der Waals surface area contributed by atoms with E-state index in [2.05, 4.69) is 0 Å². The SMILES string of the molecule is O=Cc1ccc2c(c1)OCCS2. The molecule has 12 heavy (non-hydrogen) atoms. The molecule has 1 heterocycles. The molecule has 2 rings (SSSR count). The second kappa shape index (κ2) is 3.19. The first kappa shape index (κ1) is 7.68. The molecule has 3 heteroatoms. The minimum Gasteiger partial charge on any atom is -0.492 e. The molecule has 62 valence electrons. The number of carbonyl (C=O) groups is 1. The summed E-state index contributed by atoms with van der Waals surface area (Å²) in [4.78, 5) is 11.6. The average Bonchev–Trinajstić information content (AvgIpc) is 2.17. The number of thioether (sulfide) groups is 1. The molecule has 1 aromatic carbocycles. The van der Waals surface area contributed by atoms with E-state index in [0.29, 0.717) is 5.56 Å². The zero-order valence-corrected chi connectivity index (χ0v) is 7.26. The third-order valence-corrected chi connectivity index (χ3v) is 2.72. The van der Waals surface area contributed by atoms with E-state index in [1.54, 1.807) is 17.8 Å². The van der Waals surface area contributed by atoms with Gasteiger partial charge in [-0.2, -0.15) is 0 Å². The van der Waals surface area contributed by atoms with Crippen LogP contribution in [-0.2, 0) is 0 Å². The molecule has 0 amide bonds. The third-order valence-electron chi connectivity index (χ3n) is 1.70. The monoisotopic (exact) mass is 180 g/mol. The Bertz CT molecular complexity index is 309. The molecule has 0 saturated heterocycles. The lowest BCUT2D eigenvalue weighted by Gasteiger charge is -2.16. The summed E-state index contributed by atoms with van der Waals surface area (Å²) < 4.78 is 5.39. The summed E-state index contributed by atoms with van der Waals surface area (Å²) in [5.74, 6) is 1.84. The van der Waals surface area contributed by atoms with Gasteiger partial charge >= 0.3 is 0 Å². The number of aldehydes is 1. The van der Waals surface area contributed by atoms with Gasteiger partial charge in [0.2, 0.25) is 0 Å². The predicted molar refractivity (Wildman–Crippen MR) is 48.0 cm³/mol. The summed E-state index contributed by atoms with van der Waals surface area (Å²) in [7, 11) is 0. The minimum absolute atomic E-state index is 0.677. The van der Waals surface area contributed by atoms with Crippen molar-refractivity contribution in [1.29, 1.82) is 0 Å². The second-order valence-electron chi connectivity index (χ2n) is 2.52. The normalized spacial score (nSPS) is 14.7. The fourth-order valence-electron chi connectivity index (χ4n) is 1.13. The van der Waals surface area contributed by atoms with E-state index in [-0.39, 0.29) is 0 Å². The van der Waals surface area contributed by atoms with Crippen LogP contribution in [0.5, 0.6) is 5.75 Å². The summed E-state index contributed by atoms with van der Waals surface area (Å²) >= 11 is 1.77. The summed E-state index contributed by atoms with van der Waals surface area (Å²) in [5.41, 5.74) is 0.677. The zero-order chi connectivity index (χ0) is 8.39. The highest BCUT2D eigenvalue weighted by molar-refractivity contribution is 7.99. The van der Waals surface area contributed by atoms with Gasteiger partial charge in [0.15, 0.2) is 0 Å². The van der Waals surface area contributed by atoms with Crippen molar-refractivity contribution in [2.24, 2.45) is 0 Å². The number of hydrogen-bond acceptors (Lipinski definition) is 3. The van der Waals surface area contributed by atoms with E-state index < -0.39 is 0 Å². The Morgan fingerprint density at radius 2 is 2.42 bits per heavy atom. The van der Waals surface area contributed by atoms with Gasteiger partial charge in [0, 0.05) is 16.2 Å². The highest BCUT2D eigenvalue weighted by Crippen LogP contribution is 2.33. The van der Waals surface area contributed by atoms with Crippen molar-refractivity contribution < 1.29 is 9.53 Å². The molecule has 2 nitrogen and oxygen atoms in total. The van der Waals surface area contributed by atoms with Crippen molar-refractivity contribution in [2.45, 2.75) is 4.90 Å². The summed E-state index contributed by atoms with van der Waals surface area (Å²) in [6.07, 6.45) is 0.836. The minimum atomic E-state index is 0.677. The zero-order valence-electron chi connectivity index (χ0n) is 6.45. The van der Waals surface area contributed by atoms with Crippen LogP contribution in [0, 0.1) is 0 Å². The lowest BCUT2D eigenvalue weighted by Crippen LogP contribution is -2.06. The first-order valence-corrected chi connectivity index (χ1v) is 4.73. The van der Waals surface area contributed by atoms with Crippen LogP contribution in [0.4, 0.5) is 0 Å². The van der Waals surface area contributed by atoms with Crippen LogP contribution in [0.25, 0.3) is 0 Å². The topological polar surface area (TPSA) is 26.3 Å². The lowest BCUT2D eigenvalue weighted by molar-refractivity contribution is 0.112. The molecule has 1 aliphatic heterocycles. The van der Waals surface area contributed by atoms with Crippen molar-refractivity contribution in [1.82, 2.24) is 0 Å². The van der Waals surface area contributed by atoms with Crippen LogP contribution >= 0.6 is 11.8 Å². The van der Waals surface area contributed by atoms with Gasteiger partial charge in [0.1, 0.15) is 12.0 Å². The molecule has 0 radical (unpaired) electrons. The molecule has 0 fully saturated rings. The first-order valence-electron chi connectivity index (χ1n) is 3.75. The lowest BCUT2D eigenvalue weighted by atomic mass is 10.2. The fourth-order valence-corrected chi connectivity index (χ4v) is 1.94. The van der Waals surface area contributed by atoms with E-state index in [0.717, 1.165) is 29.3 Å². The summed E-state index contributed by atoms with van der Waals surface area (Å²) in [5, 5.41) is 0. The van der Waals surface area contributed by atoms with Gasteiger partial charge in [-0.3, -0.25) is 4.79 Å². The Labute approximate surface area is 74.9 Å². The fraction of sp³-hybridized carbons (Fsp3) is 0.222. The van der Waals surface area contributed by atoms with Crippen molar-refractivity contribution >= 4 is 18.0 Å². The van der Waals surface area contributed by atoms with Crippen molar-refractivity contribution in [3.05, 3.63) is 23.8 Å². The number of benzene rings is 1. The molecular formula is C9H8O2S. The molecule has 0 unspecified atom stereocenters. The van der Waals surface area contributed by atoms with Gasteiger partial charge < -0.3 is 4.74 Å². The van der Waals surface area contributed by atoms with Crippen molar-refractivity contribution in [3.8, 4) is 5.75 Å². The van der Waals surface area contributed by atoms with E-state index in [1.807, 2.05) is 12.1 Å². The van der Waals surface area contributed by atoms with Gasteiger partial charge in [0.25, 0.3) is 0 Å². The van der Waals surface area contributed by atoms with Crippen LogP contribution in [0.1, 0.15) is 10.4 Å². The quantitative estimate of drug-likeness (QED) is 0.618. The van der Waals surface area contributed by atoms with Gasteiger partial charge in [0.05, 0.1) is 6.61 Å². The number of rotatable bonds is 1. The molecule has 0 atom stereocenters. The Morgan fingerprint density at radius 1 is 1.50 bits per heavy atom. The highest BCUT2D eigenvalue weighted by Gasteiger charge is 2.10. The molecule has 0 N–H and O–H groups in total. The van der Waals surface area contributed by atoms with E-state index in [9.17, 15) is 4.79 Å². The van der Waals surface area contributed by atoms with Crippen LogP contribution in [0.15, 0.2) is 23.1 Å². The van der Waals surface area contributed by atoms with Crippen LogP contribution < -0.4 is 4.74 Å². The molecule has 1 aliphatic rings. The maximum Gasteiger partial charge on any atom is 0.150 e. The largest absolute Gasteiger partial charge is 0.492 e. The van der Waals surface area contributed by atoms with Gasteiger partial charge in [-0.1, -0.05) is 6.07 Å². The Balaban J connectivity index is 2.42. The summed E-state index contributed by atoms with van der Waals surface area (Å²) in [6.45, 7) is 0.736. The number of hydrogen-bond donors (Lipinski definition) is 0. The van der Waals surface area contributed by atoms with E-state index >= 15 is 0 Å². The molecule has 0 aromatic heterocycles. The van der Waals surface area contributed by atoms with Crippen LogP contribution in [0.3, 0.4) is 0 Å². The summed E-state index contributed by atoms with van der Waals surface area (Å²) in [6, 6.07) is 5.53. The number of fused-ring (bicyclic) bond motifs is 1. The van der Waals surface area contributed by atoms with Crippen molar-refractivity contribution in [3.63, 3.8) is 0 Å². The van der Waals surface area contributed by atoms with Gasteiger partial charge in [-0.05, 0) is 12.1 Å². The Kier molecular flexibility index (Phi) is 2.04. The Morgan fingerprint density at radius 3 is 3.25 bits per heavy atom. The molecule has 0 spiro atoms. The third kappa shape index (κ3) is 1.32. The molecular weight excluding hydrogens is 172 g/mol. The van der Waals surface area contributed by atoms with Gasteiger partial charge in [-0.15, -0.1) is 11.8 Å². The standard InChI is InChI=1S/C9H8O2S/c10-6-7-1-2-9-8(5-7)11-3-4-12-9/h1-2,5-6H,3-4H2. The van der Waals surface area contributed by atoms with E-state index in [4.69, 9.17) is 4.74 Å². The molecule has 0 saturated carbocycles. The second-order valence-corrected chi connectivity index (χ2v) is 3.66.